The van der Waals surface area contributed by atoms with Gasteiger partial charge in [-0.05, 0) is 25.7 Å². The summed E-state index contributed by atoms with van der Waals surface area (Å²) in [4.78, 5) is 23.8. The molecule has 1 aromatic heterocycles. The summed E-state index contributed by atoms with van der Waals surface area (Å²) in [6.45, 7) is 2.25. The highest BCUT2D eigenvalue weighted by Gasteiger charge is 2.43. The van der Waals surface area contributed by atoms with Crippen molar-refractivity contribution in [1.29, 1.82) is 0 Å². The molecule has 0 spiro atoms. The number of rotatable bonds is 2. The molecule has 1 aromatic rings. The monoisotopic (exact) mass is 294 g/mol. The van der Waals surface area contributed by atoms with Crippen LogP contribution in [0.4, 0.5) is 10.3 Å². The highest BCUT2D eigenvalue weighted by molar-refractivity contribution is 5.86. The van der Waals surface area contributed by atoms with Crippen LogP contribution >= 0.6 is 0 Å². The Morgan fingerprint density at radius 1 is 1.19 bits per heavy atom. The maximum Gasteiger partial charge on any atom is 0.256 e. The van der Waals surface area contributed by atoms with Crippen LogP contribution in [-0.4, -0.2) is 57.7 Å². The first kappa shape index (κ1) is 14.2. The van der Waals surface area contributed by atoms with Crippen molar-refractivity contribution in [1.82, 2.24) is 14.9 Å². The van der Waals surface area contributed by atoms with Gasteiger partial charge < -0.3 is 14.9 Å². The molecule has 0 aromatic carbocycles. The van der Waals surface area contributed by atoms with Gasteiger partial charge in [0.05, 0.1) is 18.9 Å². The van der Waals surface area contributed by atoms with Crippen LogP contribution < -0.4 is 4.90 Å². The maximum atomic E-state index is 12.9. The largest absolute Gasteiger partial charge is 0.378 e. The fraction of sp³-hybridized carbons (Fsp3) is 0.643. The SMILES string of the molecule is O=C(N1CCCC1)C1(O)CCCN(c2ncc(F)cn2)C1. The lowest BCUT2D eigenvalue weighted by atomic mass is 9.91. The van der Waals surface area contributed by atoms with Gasteiger partial charge in [0.2, 0.25) is 5.95 Å². The van der Waals surface area contributed by atoms with E-state index in [1.807, 2.05) is 0 Å². The molecule has 0 bridgehead atoms. The van der Waals surface area contributed by atoms with Crippen LogP contribution in [0.15, 0.2) is 12.4 Å². The Kier molecular flexibility index (Phi) is 3.75. The van der Waals surface area contributed by atoms with E-state index in [2.05, 4.69) is 9.97 Å². The van der Waals surface area contributed by atoms with Gasteiger partial charge in [-0.2, -0.15) is 0 Å². The van der Waals surface area contributed by atoms with E-state index in [9.17, 15) is 14.3 Å². The van der Waals surface area contributed by atoms with Gasteiger partial charge >= 0.3 is 0 Å². The van der Waals surface area contributed by atoms with Gasteiger partial charge in [-0.15, -0.1) is 0 Å². The smallest absolute Gasteiger partial charge is 0.256 e. The second kappa shape index (κ2) is 5.55. The molecular weight excluding hydrogens is 275 g/mol. The Bertz CT molecular complexity index is 518. The lowest BCUT2D eigenvalue weighted by molar-refractivity contribution is -0.151. The first-order valence-electron chi connectivity index (χ1n) is 7.33. The molecule has 3 heterocycles. The molecule has 2 fully saturated rings. The number of carbonyl (C=O) groups excluding carboxylic acids is 1. The van der Waals surface area contributed by atoms with E-state index < -0.39 is 11.4 Å². The van der Waals surface area contributed by atoms with E-state index in [0.717, 1.165) is 25.2 Å². The third-order valence-electron chi connectivity index (χ3n) is 4.15. The first-order chi connectivity index (χ1) is 10.1. The van der Waals surface area contributed by atoms with E-state index in [0.29, 0.717) is 38.4 Å². The summed E-state index contributed by atoms with van der Waals surface area (Å²) in [7, 11) is 0. The van der Waals surface area contributed by atoms with Gasteiger partial charge in [-0.3, -0.25) is 4.79 Å². The standard InChI is InChI=1S/C14H19FN4O2/c15-11-8-16-13(17-9-11)19-7-3-4-14(21,10-19)12(20)18-5-1-2-6-18/h8-9,21H,1-7,10H2. The van der Waals surface area contributed by atoms with Crippen LogP contribution in [0.2, 0.25) is 0 Å². The molecule has 2 aliphatic rings. The number of anilines is 1. The fourth-order valence-corrected chi connectivity index (χ4v) is 3.06. The summed E-state index contributed by atoms with van der Waals surface area (Å²) in [6, 6.07) is 0. The minimum absolute atomic E-state index is 0.161. The Labute approximate surface area is 122 Å². The molecule has 1 unspecified atom stereocenters. The molecule has 7 heteroatoms. The number of amides is 1. The van der Waals surface area contributed by atoms with E-state index >= 15 is 0 Å². The van der Waals surface area contributed by atoms with Gasteiger partial charge in [0.15, 0.2) is 11.4 Å². The second-order valence-corrected chi connectivity index (χ2v) is 5.76. The number of nitrogens with zero attached hydrogens (tertiary/aromatic N) is 4. The third kappa shape index (κ3) is 2.83. The molecular formula is C14H19FN4O2. The molecule has 114 valence electrons. The zero-order valence-electron chi connectivity index (χ0n) is 11.8. The first-order valence-corrected chi connectivity index (χ1v) is 7.33. The number of hydrogen-bond acceptors (Lipinski definition) is 5. The van der Waals surface area contributed by atoms with Gasteiger partial charge in [0, 0.05) is 19.6 Å². The van der Waals surface area contributed by atoms with E-state index in [-0.39, 0.29) is 12.5 Å². The van der Waals surface area contributed by atoms with Crippen molar-refractivity contribution in [3.63, 3.8) is 0 Å². The number of aromatic nitrogens is 2. The van der Waals surface area contributed by atoms with Crippen LogP contribution in [0.1, 0.15) is 25.7 Å². The molecule has 1 amide bonds. The fourth-order valence-electron chi connectivity index (χ4n) is 3.06. The average Bonchev–Trinajstić information content (AvgIpc) is 3.01. The summed E-state index contributed by atoms with van der Waals surface area (Å²) in [5.74, 6) is -0.352. The van der Waals surface area contributed by atoms with Gasteiger partial charge in [-0.25, -0.2) is 14.4 Å². The molecule has 0 saturated carbocycles. The van der Waals surface area contributed by atoms with Crippen molar-refractivity contribution in [3.8, 4) is 0 Å². The number of piperidine rings is 1. The Balaban J connectivity index is 1.75. The molecule has 2 aliphatic heterocycles. The molecule has 1 N–H and O–H groups in total. The summed E-state index contributed by atoms with van der Waals surface area (Å²) in [6.07, 6.45) is 5.30. The predicted octanol–water partition coefficient (Wildman–Crippen LogP) is 0.569. The highest BCUT2D eigenvalue weighted by Crippen LogP contribution is 2.27. The average molecular weight is 294 g/mol. The van der Waals surface area contributed by atoms with Crippen molar-refractivity contribution < 1.29 is 14.3 Å². The number of halogens is 1. The number of carbonyl (C=O) groups is 1. The Morgan fingerprint density at radius 3 is 2.52 bits per heavy atom. The van der Waals surface area contributed by atoms with Crippen molar-refractivity contribution in [2.24, 2.45) is 0 Å². The zero-order chi connectivity index (χ0) is 14.9. The molecule has 6 nitrogen and oxygen atoms in total. The number of hydrogen-bond donors (Lipinski definition) is 1. The van der Waals surface area contributed by atoms with E-state index in [4.69, 9.17) is 0 Å². The molecule has 2 saturated heterocycles. The lowest BCUT2D eigenvalue weighted by Crippen LogP contribution is -2.58. The topological polar surface area (TPSA) is 69.6 Å². The Hall–Kier alpha value is -1.76. The highest BCUT2D eigenvalue weighted by atomic mass is 19.1. The lowest BCUT2D eigenvalue weighted by Gasteiger charge is -2.39. The van der Waals surface area contributed by atoms with Crippen LogP contribution in [0.25, 0.3) is 0 Å². The second-order valence-electron chi connectivity index (χ2n) is 5.76. The van der Waals surface area contributed by atoms with E-state index in [1.165, 1.54) is 0 Å². The van der Waals surface area contributed by atoms with Crippen molar-refractivity contribution in [3.05, 3.63) is 18.2 Å². The predicted molar refractivity (Wildman–Crippen MR) is 74.2 cm³/mol. The van der Waals surface area contributed by atoms with Crippen LogP contribution in [0, 0.1) is 5.82 Å². The maximum absolute atomic E-state index is 12.9. The quantitative estimate of drug-likeness (QED) is 0.863. The number of β-amino-alcohol motifs (C(OH)–C–C–N with tert-alkyl or cyclic N) is 1. The zero-order valence-corrected chi connectivity index (χ0v) is 11.8. The number of likely N-dealkylation sites (tertiary alicyclic amines) is 1. The van der Waals surface area contributed by atoms with Crippen molar-refractivity contribution >= 4 is 11.9 Å². The van der Waals surface area contributed by atoms with Crippen LogP contribution in [-0.2, 0) is 4.79 Å². The molecule has 3 rings (SSSR count). The Morgan fingerprint density at radius 2 is 1.86 bits per heavy atom. The number of aliphatic hydroxyl groups is 1. The van der Waals surface area contributed by atoms with Crippen molar-refractivity contribution in [2.75, 3.05) is 31.1 Å². The van der Waals surface area contributed by atoms with Gasteiger partial charge in [0.25, 0.3) is 5.91 Å². The summed E-state index contributed by atoms with van der Waals surface area (Å²) >= 11 is 0. The minimum atomic E-state index is -1.39. The van der Waals surface area contributed by atoms with Crippen LogP contribution in [0.3, 0.4) is 0 Å². The van der Waals surface area contributed by atoms with Crippen molar-refractivity contribution in [2.45, 2.75) is 31.3 Å². The van der Waals surface area contributed by atoms with E-state index in [1.54, 1.807) is 9.80 Å². The van der Waals surface area contributed by atoms with Gasteiger partial charge in [-0.1, -0.05) is 0 Å². The third-order valence-corrected chi connectivity index (χ3v) is 4.15. The van der Waals surface area contributed by atoms with Crippen LogP contribution in [0.5, 0.6) is 0 Å². The molecule has 21 heavy (non-hydrogen) atoms. The summed E-state index contributed by atoms with van der Waals surface area (Å²) in [5, 5.41) is 10.7. The molecule has 1 atom stereocenters. The molecule has 0 aliphatic carbocycles. The molecule has 0 radical (unpaired) electrons. The normalized spacial score (nSPS) is 26.2. The summed E-state index contributed by atoms with van der Waals surface area (Å²) < 4.78 is 12.9. The van der Waals surface area contributed by atoms with Gasteiger partial charge in [0.1, 0.15) is 0 Å². The minimum Gasteiger partial charge on any atom is -0.378 e. The summed E-state index contributed by atoms with van der Waals surface area (Å²) in [5.41, 5.74) is -1.39.